The number of benzene rings is 2. The lowest BCUT2D eigenvalue weighted by molar-refractivity contribution is -0.282. The lowest BCUT2D eigenvalue weighted by atomic mass is 10.0. The van der Waals surface area contributed by atoms with Crippen LogP contribution in [0.5, 0.6) is 23.0 Å². The zero-order chi connectivity index (χ0) is 35.6. The summed E-state index contributed by atoms with van der Waals surface area (Å²) < 4.78 is 22.9. The standard InChI is InChI=1S/C19H23NO5.C18H21NO6/c1-12(21)13-4-5-16(8-13)25-19-9-14(11-24-23-3)20-18-10-15(22-2)6-7-17(18)19;1-22-13-5-6-15-16(9-13)19-12(10-24-23-2)8-17(15)25-14-4-3-11(7-14)18(20)21/h6-7,9-10,13,16H,4-5,8,11H2,1-3H3;5-6,8-9,11,14H,3-4,7,10H2,1-2H3,(H,20,21)/t13-,16?;11-,14?/m00/s1. The van der Waals surface area contributed by atoms with E-state index in [-0.39, 0.29) is 43.0 Å². The Labute approximate surface area is 290 Å². The van der Waals surface area contributed by atoms with Gasteiger partial charge in [-0.2, -0.15) is 0 Å². The first-order valence-corrected chi connectivity index (χ1v) is 16.5. The molecule has 2 aromatic carbocycles. The van der Waals surface area contributed by atoms with Crippen molar-refractivity contribution in [2.45, 2.75) is 70.9 Å². The molecule has 2 saturated carbocycles. The van der Waals surface area contributed by atoms with Crippen LogP contribution in [0.2, 0.25) is 0 Å². The summed E-state index contributed by atoms with van der Waals surface area (Å²) in [5.41, 5.74) is 2.86. The van der Waals surface area contributed by atoms with E-state index in [9.17, 15) is 9.59 Å². The molecule has 2 aliphatic rings. The number of hydrogen-bond acceptors (Lipinski definition) is 12. The van der Waals surface area contributed by atoms with Gasteiger partial charge in [0.2, 0.25) is 0 Å². The van der Waals surface area contributed by atoms with E-state index < -0.39 is 5.97 Å². The molecule has 2 unspecified atom stereocenters. The van der Waals surface area contributed by atoms with E-state index in [0.29, 0.717) is 35.7 Å². The van der Waals surface area contributed by atoms with E-state index in [1.54, 1.807) is 21.1 Å². The van der Waals surface area contributed by atoms with Crippen molar-refractivity contribution in [2.24, 2.45) is 11.8 Å². The molecular formula is C37H44N2O11. The fourth-order valence-corrected chi connectivity index (χ4v) is 6.34. The molecule has 50 heavy (non-hydrogen) atoms. The number of carbonyl (C=O) groups is 2. The predicted octanol–water partition coefficient (Wildman–Crippen LogP) is 6.41. The lowest BCUT2D eigenvalue weighted by Gasteiger charge is -2.17. The SMILES string of the molecule is COOCc1cc(OC2CC[C@H](C(=O)O)C2)c2ccc(OC)cc2n1.COOCc1cc(OC2CC[C@H](C(C)=O)C2)c2ccc(OC)cc2n1. The summed E-state index contributed by atoms with van der Waals surface area (Å²) in [6, 6.07) is 14.9. The van der Waals surface area contributed by atoms with Gasteiger partial charge in [0, 0.05) is 41.0 Å². The highest BCUT2D eigenvalue weighted by molar-refractivity contribution is 5.87. The normalized spacial score (nSPS) is 19.9. The molecular weight excluding hydrogens is 648 g/mol. The second-order valence-corrected chi connectivity index (χ2v) is 12.3. The third kappa shape index (κ3) is 9.36. The number of methoxy groups -OCH3 is 2. The molecule has 6 rings (SSSR count). The number of aromatic nitrogens is 2. The van der Waals surface area contributed by atoms with Crippen LogP contribution in [-0.2, 0) is 42.4 Å². The van der Waals surface area contributed by atoms with Crippen molar-refractivity contribution in [1.82, 2.24) is 9.97 Å². The number of fused-ring (bicyclic) bond motifs is 2. The first-order valence-electron chi connectivity index (χ1n) is 16.5. The van der Waals surface area contributed by atoms with Crippen molar-refractivity contribution in [3.05, 3.63) is 59.9 Å². The van der Waals surface area contributed by atoms with Crippen LogP contribution in [0.1, 0.15) is 56.8 Å². The lowest BCUT2D eigenvalue weighted by Crippen LogP contribution is -2.16. The van der Waals surface area contributed by atoms with Crippen molar-refractivity contribution in [2.75, 3.05) is 28.4 Å². The van der Waals surface area contributed by atoms with Crippen LogP contribution >= 0.6 is 0 Å². The smallest absolute Gasteiger partial charge is 0.306 e. The van der Waals surface area contributed by atoms with E-state index in [1.807, 2.05) is 48.5 Å². The first-order chi connectivity index (χ1) is 24.2. The van der Waals surface area contributed by atoms with E-state index in [4.69, 9.17) is 33.8 Å². The maximum Gasteiger partial charge on any atom is 0.306 e. The number of hydrogen-bond donors (Lipinski definition) is 1. The molecule has 13 heteroatoms. The van der Waals surface area contributed by atoms with Crippen LogP contribution in [0.15, 0.2) is 48.5 Å². The molecule has 2 fully saturated rings. The van der Waals surface area contributed by atoms with Gasteiger partial charge < -0.3 is 24.1 Å². The first kappa shape index (κ1) is 36.7. The van der Waals surface area contributed by atoms with Crippen LogP contribution in [0, 0.1) is 11.8 Å². The Morgan fingerprint density at radius 2 is 1.14 bits per heavy atom. The van der Waals surface area contributed by atoms with Crippen molar-refractivity contribution in [1.29, 1.82) is 0 Å². The van der Waals surface area contributed by atoms with Crippen molar-refractivity contribution >= 4 is 33.6 Å². The molecule has 0 bridgehead atoms. The minimum atomic E-state index is -0.760. The zero-order valence-electron chi connectivity index (χ0n) is 29.0. The quantitative estimate of drug-likeness (QED) is 0.114. The number of rotatable bonds is 14. The Kier molecular flexibility index (Phi) is 12.8. The van der Waals surface area contributed by atoms with Gasteiger partial charge >= 0.3 is 5.97 Å². The molecule has 2 heterocycles. The van der Waals surface area contributed by atoms with Crippen molar-refractivity contribution in [3.8, 4) is 23.0 Å². The second kappa shape index (κ2) is 17.4. The highest BCUT2D eigenvalue weighted by atomic mass is 17.2. The van der Waals surface area contributed by atoms with Gasteiger partial charge in [-0.25, -0.2) is 29.5 Å². The molecule has 268 valence electrons. The molecule has 0 spiro atoms. The maximum absolute atomic E-state index is 11.6. The summed E-state index contributed by atoms with van der Waals surface area (Å²) in [5, 5.41) is 10.9. The predicted molar refractivity (Wildman–Crippen MR) is 182 cm³/mol. The molecule has 4 atom stereocenters. The Morgan fingerprint density at radius 3 is 1.52 bits per heavy atom. The molecule has 0 aliphatic heterocycles. The summed E-state index contributed by atoms with van der Waals surface area (Å²) in [4.78, 5) is 51.2. The number of nitrogens with zero attached hydrogens (tertiary/aromatic N) is 2. The van der Waals surface area contributed by atoms with Gasteiger partial charge in [-0.15, -0.1) is 0 Å². The van der Waals surface area contributed by atoms with Crippen molar-refractivity contribution in [3.63, 3.8) is 0 Å². The van der Waals surface area contributed by atoms with Crippen LogP contribution in [0.3, 0.4) is 0 Å². The van der Waals surface area contributed by atoms with Gasteiger partial charge in [-0.1, -0.05) is 0 Å². The molecule has 2 aliphatic carbocycles. The van der Waals surface area contributed by atoms with Crippen molar-refractivity contribution < 1.29 is 53.2 Å². The summed E-state index contributed by atoms with van der Waals surface area (Å²) in [5.74, 6) is 2.09. The molecule has 1 N–H and O–H groups in total. The number of carboxylic acids is 1. The van der Waals surface area contributed by atoms with Gasteiger partial charge in [-0.05, 0) is 69.7 Å². The minimum absolute atomic E-state index is 0.0396. The Hall–Kier alpha value is -4.56. The summed E-state index contributed by atoms with van der Waals surface area (Å²) >= 11 is 0. The highest BCUT2D eigenvalue weighted by Crippen LogP contribution is 2.36. The topological polar surface area (TPSA) is 154 Å². The Morgan fingerprint density at radius 1 is 0.680 bits per heavy atom. The van der Waals surface area contributed by atoms with Crippen LogP contribution in [0.4, 0.5) is 0 Å². The molecule has 0 amide bonds. The van der Waals surface area contributed by atoms with Gasteiger partial charge in [0.05, 0.1) is 69.0 Å². The second-order valence-electron chi connectivity index (χ2n) is 12.3. The summed E-state index contributed by atoms with van der Waals surface area (Å²) in [6.07, 6.45) is 4.32. The number of ether oxygens (including phenoxy) is 4. The minimum Gasteiger partial charge on any atom is -0.497 e. The monoisotopic (exact) mass is 692 g/mol. The molecule has 13 nitrogen and oxygen atoms in total. The molecule has 0 saturated heterocycles. The molecule has 2 aromatic heterocycles. The number of carbonyl (C=O) groups excluding carboxylic acids is 1. The zero-order valence-corrected chi connectivity index (χ0v) is 29.0. The number of aliphatic carboxylic acids is 1. The molecule has 4 aromatic rings. The number of pyridine rings is 2. The average molecular weight is 693 g/mol. The Balaban J connectivity index is 0.000000194. The third-order valence-corrected chi connectivity index (χ3v) is 8.99. The molecule has 0 radical (unpaired) electrons. The number of Topliss-reactive ketones (excluding diaryl/α,β-unsaturated/α-hetero) is 1. The van der Waals surface area contributed by atoms with E-state index in [0.717, 1.165) is 59.0 Å². The summed E-state index contributed by atoms with van der Waals surface area (Å²) in [6.45, 7) is 2.06. The average Bonchev–Trinajstić information content (AvgIpc) is 3.80. The fourth-order valence-electron chi connectivity index (χ4n) is 6.34. The largest absolute Gasteiger partial charge is 0.497 e. The fraction of sp³-hybridized carbons (Fsp3) is 0.459. The third-order valence-electron chi connectivity index (χ3n) is 8.99. The van der Waals surface area contributed by atoms with Gasteiger partial charge in [0.15, 0.2) is 0 Å². The summed E-state index contributed by atoms with van der Waals surface area (Å²) in [7, 11) is 6.12. The van der Waals surface area contributed by atoms with Crippen LogP contribution in [0.25, 0.3) is 21.8 Å². The Bertz CT molecular complexity index is 1650. The number of carboxylic acid groups (broad SMARTS) is 1. The van der Waals surface area contributed by atoms with Crippen LogP contribution < -0.4 is 18.9 Å². The van der Waals surface area contributed by atoms with Gasteiger partial charge in [0.1, 0.15) is 42.0 Å². The van der Waals surface area contributed by atoms with E-state index in [2.05, 4.69) is 19.7 Å². The van der Waals surface area contributed by atoms with E-state index in [1.165, 1.54) is 14.2 Å². The number of ketones is 1. The maximum atomic E-state index is 11.6. The van der Waals surface area contributed by atoms with Crippen LogP contribution in [-0.4, -0.2) is 67.5 Å². The van der Waals surface area contributed by atoms with Gasteiger partial charge in [0.25, 0.3) is 0 Å². The highest BCUT2D eigenvalue weighted by Gasteiger charge is 2.32. The van der Waals surface area contributed by atoms with E-state index >= 15 is 0 Å². The van der Waals surface area contributed by atoms with Gasteiger partial charge in [-0.3, -0.25) is 9.59 Å².